The Labute approximate surface area is 303 Å². The van der Waals surface area contributed by atoms with Crippen LogP contribution in [0.1, 0.15) is 29.0 Å². The number of aliphatic hydroxyl groups is 1. The highest BCUT2D eigenvalue weighted by Crippen LogP contribution is 2.60. The number of halogens is 2. The Morgan fingerprint density at radius 3 is 1.76 bits per heavy atom. The molecule has 51 heavy (non-hydrogen) atoms. The van der Waals surface area contributed by atoms with E-state index in [9.17, 15) is 29.1 Å². The number of hydrogen-bond acceptors (Lipinski definition) is 11. The molecule has 1 N–H and O–H groups in total. The molecule has 0 spiro atoms. The molecular formula is C38H34Cl2O11. The molecule has 2 aliphatic rings. The normalized spacial score (nSPS) is 24.2. The number of methoxy groups -OCH3 is 4. The van der Waals surface area contributed by atoms with Crippen LogP contribution in [0.4, 0.5) is 0 Å². The minimum Gasteiger partial charge on any atom is -0.469 e. The fourth-order valence-electron chi connectivity index (χ4n) is 7.22. The van der Waals surface area contributed by atoms with Crippen molar-refractivity contribution < 1.29 is 52.8 Å². The summed E-state index contributed by atoms with van der Waals surface area (Å²) in [5.74, 6) is -13.6. The van der Waals surface area contributed by atoms with Crippen LogP contribution in [0.3, 0.4) is 0 Å². The van der Waals surface area contributed by atoms with E-state index in [0.29, 0.717) is 26.7 Å². The molecule has 0 radical (unpaired) electrons. The number of carbonyl (C=O) groups is 5. The molecule has 0 heterocycles. The summed E-state index contributed by atoms with van der Waals surface area (Å²) < 4.78 is 26.6. The molecule has 2 bridgehead atoms. The number of hydrogen-bond donors (Lipinski definition) is 1. The zero-order valence-electron chi connectivity index (χ0n) is 28.0. The molecule has 1 fully saturated rings. The third-order valence-electron chi connectivity index (χ3n) is 9.41. The van der Waals surface area contributed by atoms with E-state index in [1.54, 1.807) is 78.9 Å². The fraction of sp³-hybridized carbons (Fsp3) is 0.289. The largest absolute Gasteiger partial charge is 0.469 e. The summed E-state index contributed by atoms with van der Waals surface area (Å²) in [5.41, 5.74) is -1.73. The Morgan fingerprint density at radius 2 is 1.24 bits per heavy atom. The van der Waals surface area contributed by atoms with E-state index in [-0.39, 0.29) is 17.6 Å². The number of esters is 5. The molecule has 1 saturated carbocycles. The lowest BCUT2D eigenvalue weighted by Gasteiger charge is -2.55. The molecule has 266 valence electrons. The zero-order chi connectivity index (χ0) is 37.0. The van der Waals surface area contributed by atoms with Gasteiger partial charge in [0.05, 0.1) is 51.4 Å². The number of rotatable bonds is 9. The summed E-state index contributed by atoms with van der Waals surface area (Å²) in [7, 11) is 4.24. The van der Waals surface area contributed by atoms with Crippen LogP contribution in [0.2, 0.25) is 10.0 Å². The van der Waals surface area contributed by atoms with Crippen molar-refractivity contribution in [3.8, 4) is 0 Å². The van der Waals surface area contributed by atoms with Crippen molar-refractivity contribution in [2.45, 2.75) is 17.9 Å². The van der Waals surface area contributed by atoms with Crippen LogP contribution in [0, 0.1) is 23.7 Å². The summed E-state index contributed by atoms with van der Waals surface area (Å²) in [6.45, 7) is 0. The molecule has 0 aliphatic heterocycles. The van der Waals surface area contributed by atoms with Gasteiger partial charge in [-0.25, -0.2) is 9.59 Å². The van der Waals surface area contributed by atoms with Crippen LogP contribution in [0.15, 0.2) is 90.2 Å². The van der Waals surface area contributed by atoms with Gasteiger partial charge in [-0.3, -0.25) is 14.4 Å². The zero-order valence-corrected chi connectivity index (χ0v) is 29.5. The lowest BCUT2D eigenvalue weighted by Crippen LogP contribution is -2.68. The van der Waals surface area contributed by atoms with Crippen LogP contribution >= 0.6 is 23.2 Å². The van der Waals surface area contributed by atoms with Crippen LogP contribution < -0.4 is 0 Å². The van der Waals surface area contributed by atoms with Gasteiger partial charge in [-0.05, 0) is 53.5 Å². The standard InChI is InChI=1S/C38H34Cl2O11/c1-47-34(42)28-27-19-25(21-8-6-5-7-9-21)29(35(43)48-2)38(46,30(27)36(44)49-3)31(37(45)50-4)32(28)51-33(41)26(22-12-16-24(40)17-13-22)18-20-10-14-23(39)15-11-20/h5-18,25,27,29-31,46H,19H2,1-4H3/b26-18+/t25-,27-,29+,30+,31?,38+/m0/s1. The molecule has 2 aliphatic carbocycles. The van der Waals surface area contributed by atoms with Crippen LogP contribution in [0.5, 0.6) is 0 Å². The predicted octanol–water partition coefficient (Wildman–Crippen LogP) is 5.42. The van der Waals surface area contributed by atoms with E-state index < -0.39 is 70.8 Å². The minimum absolute atomic E-state index is 0.0479. The number of carbonyl (C=O) groups excluding carboxylic acids is 5. The van der Waals surface area contributed by atoms with E-state index in [1.807, 2.05) is 0 Å². The Morgan fingerprint density at radius 1 is 0.706 bits per heavy atom. The van der Waals surface area contributed by atoms with E-state index in [0.717, 1.165) is 28.4 Å². The van der Waals surface area contributed by atoms with Gasteiger partial charge in [-0.1, -0.05) is 77.8 Å². The third-order valence-corrected chi connectivity index (χ3v) is 9.91. The van der Waals surface area contributed by atoms with Crippen molar-refractivity contribution in [3.63, 3.8) is 0 Å². The van der Waals surface area contributed by atoms with Crippen molar-refractivity contribution in [1.82, 2.24) is 0 Å². The molecule has 5 rings (SSSR count). The van der Waals surface area contributed by atoms with E-state index in [4.69, 9.17) is 46.9 Å². The molecule has 1 unspecified atom stereocenters. The number of ether oxygens (including phenoxy) is 5. The first-order valence-corrected chi connectivity index (χ1v) is 16.4. The molecule has 13 heteroatoms. The van der Waals surface area contributed by atoms with Gasteiger partial charge in [0.15, 0.2) is 0 Å². The fourth-order valence-corrected chi connectivity index (χ4v) is 7.48. The van der Waals surface area contributed by atoms with Gasteiger partial charge in [0.1, 0.15) is 17.3 Å². The van der Waals surface area contributed by atoms with Gasteiger partial charge in [0.25, 0.3) is 0 Å². The topological polar surface area (TPSA) is 152 Å². The predicted molar refractivity (Wildman–Crippen MR) is 185 cm³/mol. The minimum atomic E-state index is -2.72. The Bertz CT molecular complexity index is 1890. The summed E-state index contributed by atoms with van der Waals surface area (Å²) >= 11 is 12.2. The Hall–Kier alpha value is -4.97. The van der Waals surface area contributed by atoms with E-state index in [1.165, 1.54) is 6.08 Å². The maximum atomic E-state index is 14.4. The van der Waals surface area contributed by atoms with Gasteiger partial charge in [0.2, 0.25) is 0 Å². The number of fused-ring (bicyclic) bond motifs is 2. The summed E-state index contributed by atoms with van der Waals surface area (Å²) in [5, 5.41) is 13.8. The Balaban J connectivity index is 1.80. The molecule has 3 aromatic rings. The first-order valence-electron chi connectivity index (χ1n) is 15.7. The Kier molecular flexibility index (Phi) is 11.3. The van der Waals surface area contributed by atoms with Crippen LogP contribution in [-0.4, -0.2) is 69.0 Å². The van der Waals surface area contributed by atoms with Crippen molar-refractivity contribution >= 4 is 64.7 Å². The second-order valence-corrected chi connectivity index (χ2v) is 12.9. The maximum Gasteiger partial charge on any atom is 0.343 e. The quantitative estimate of drug-likeness (QED) is 0.130. The number of benzene rings is 3. The first-order chi connectivity index (χ1) is 24.4. The molecule has 0 aromatic heterocycles. The molecule has 0 saturated heterocycles. The monoisotopic (exact) mass is 736 g/mol. The van der Waals surface area contributed by atoms with Crippen LogP contribution in [0.25, 0.3) is 11.6 Å². The van der Waals surface area contributed by atoms with Gasteiger partial charge in [0, 0.05) is 21.9 Å². The van der Waals surface area contributed by atoms with E-state index in [2.05, 4.69) is 0 Å². The third kappa shape index (κ3) is 7.01. The van der Waals surface area contributed by atoms with Crippen molar-refractivity contribution in [1.29, 1.82) is 0 Å². The van der Waals surface area contributed by atoms with Gasteiger partial charge in [-0.15, -0.1) is 0 Å². The molecule has 6 atom stereocenters. The SMILES string of the molecule is COC(=O)C1=C(OC(=O)/C(=C/c2ccc(Cl)cc2)c2ccc(Cl)cc2)C(C(=O)OC)[C@]2(O)[C@@H](C(=O)OC)[C@H]1C[C@@H](c1ccccc1)[C@@H]2C(=O)OC. The van der Waals surface area contributed by atoms with Gasteiger partial charge >= 0.3 is 29.8 Å². The van der Waals surface area contributed by atoms with Crippen molar-refractivity contribution in [2.24, 2.45) is 23.7 Å². The lowest BCUT2D eigenvalue weighted by atomic mass is 9.49. The highest BCUT2D eigenvalue weighted by atomic mass is 35.5. The highest BCUT2D eigenvalue weighted by Gasteiger charge is 2.71. The summed E-state index contributed by atoms with van der Waals surface area (Å²) in [6, 6.07) is 21.3. The highest BCUT2D eigenvalue weighted by molar-refractivity contribution is 6.31. The molecule has 11 nitrogen and oxygen atoms in total. The van der Waals surface area contributed by atoms with Crippen molar-refractivity contribution in [2.75, 3.05) is 28.4 Å². The lowest BCUT2D eigenvalue weighted by molar-refractivity contribution is -0.208. The van der Waals surface area contributed by atoms with E-state index >= 15 is 0 Å². The smallest absolute Gasteiger partial charge is 0.343 e. The van der Waals surface area contributed by atoms with Gasteiger partial charge < -0.3 is 28.8 Å². The average Bonchev–Trinajstić information content (AvgIpc) is 3.13. The first kappa shape index (κ1) is 37.3. The molecular weight excluding hydrogens is 703 g/mol. The van der Waals surface area contributed by atoms with Crippen molar-refractivity contribution in [3.05, 3.63) is 117 Å². The maximum absolute atomic E-state index is 14.4. The second-order valence-electron chi connectivity index (χ2n) is 12.0. The average molecular weight is 738 g/mol. The summed E-state index contributed by atoms with van der Waals surface area (Å²) in [4.78, 5) is 69.6. The molecule has 3 aromatic carbocycles. The molecule has 0 amide bonds. The second kappa shape index (κ2) is 15.5. The summed E-state index contributed by atoms with van der Waals surface area (Å²) in [6.07, 6.45) is 1.36. The van der Waals surface area contributed by atoms with Gasteiger partial charge in [-0.2, -0.15) is 0 Å². The van der Waals surface area contributed by atoms with Crippen LogP contribution in [-0.2, 0) is 47.7 Å².